The number of carbonyl (C=O) groups is 1. The number of nitrogen functional groups attached to an aromatic ring is 1. The average molecular weight is 417 g/mol. The number of aromatic nitrogens is 3. The van der Waals surface area contributed by atoms with Gasteiger partial charge in [-0.25, -0.2) is 14.8 Å². The highest BCUT2D eigenvalue weighted by molar-refractivity contribution is 6.08. The standard InChI is InChI=1S/C25H28N4O2/c1-4-17(5-2)15-31-25(30)21-22-24(28-20-14-10-9-13-19(20)27-22)29(23(21)26)16(3)18-11-7-6-8-12-18/h6-14,16-17H,4-5,15,26H2,1-3H3/t16-/m0/s1. The van der Waals surface area contributed by atoms with E-state index in [1.807, 2.05) is 66.1 Å². The fourth-order valence-corrected chi connectivity index (χ4v) is 3.95. The van der Waals surface area contributed by atoms with Gasteiger partial charge in [-0.15, -0.1) is 0 Å². The molecule has 6 heteroatoms. The summed E-state index contributed by atoms with van der Waals surface area (Å²) in [5.41, 5.74) is 10.5. The lowest BCUT2D eigenvalue weighted by Crippen LogP contribution is -2.16. The van der Waals surface area contributed by atoms with Crippen LogP contribution in [-0.4, -0.2) is 27.1 Å². The van der Waals surface area contributed by atoms with Crippen molar-refractivity contribution in [1.29, 1.82) is 0 Å². The van der Waals surface area contributed by atoms with Gasteiger partial charge in [0, 0.05) is 0 Å². The van der Waals surface area contributed by atoms with Crippen LogP contribution in [-0.2, 0) is 4.74 Å². The van der Waals surface area contributed by atoms with Crippen LogP contribution in [0.4, 0.5) is 5.82 Å². The predicted molar refractivity (Wildman–Crippen MR) is 124 cm³/mol. The van der Waals surface area contributed by atoms with Gasteiger partial charge < -0.3 is 15.0 Å². The van der Waals surface area contributed by atoms with Crippen molar-refractivity contribution in [2.45, 2.75) is 39.7 Å². The maximum Gasteiger partial charge on any atom is 0.344 e. The summed E-state index contributed by atoms with van der Waals surface area (Å²) < 4.78 is 7.56. The van der Waals surface area contributed by atoms with Crippen LogP contribution < -0.4 is 5.73 Å². The summed E-state index contributed by atoms with van der Waals surface area (Å²) in [5, 5.41) is 0. The molecular weight excluding hydrogens is 388 g/mol. The molecule has 0 spiro atoms. The Bertz CT molecular complexity index is 1210. The lowest BCUT2D eigenvalue weighted by molar-refractivity contribution is 0.0436. The Labute approximate surface area is 182 Å². The number of nitrogens with two attached hydrogens (primary N) is 1. The molecule has 0 bridgehead atoms. The largest absolute Gasteiger partial charge is 0.462 e. The Balaban J connectivity index is 1.88. The number of fused-ring (bicyclic) bond motifs is 2. The van der Waals surface area contributed by atoms with Gasteiger partial charge in [-0.05, 0) is 30.5 Å². The molecule has 2 aromatic heterocycles. The summed E-state index contributed by atoms with van der Waals surface area (Å²) in [5.74, 6) is 0.211. The van der Waals surface area contributed by atoms with Gasteiger partial charge in [-0.3, -0.25) is 0 Å². The molecule has 4 aromatic rings. The second-order valence-electron chi connectivity index (χ2n) is 7.88. The number of para-hydroxylation sites is 2. The quantitative estimate of drug-likeness (QED) is 0.410. The molecule has 0 aliphatic carbocycles. The van der Waals surface area contributed by atoms with E-state index in [0.29, 0.717) is 40.6 Å². The van der Waals surface area contributed by atoms with Crippen molar-refractivity contribution in [3.8, 4) is 0 Å². The van der Waals surface area contributed by atoms with Gasteiger partial charge in [0.05, 0.1) is 23.7 Å². The molecule has 0 aliphatic rings. The number of hydrogen-bond acceptors (Lipinski definition) is 5. The van der Waals surface area contributed by atoms with Crippen molar-refractivity contribution in [3.05, 3.63) is 65.7 Å². The van der Waals surface area contributed by atoms with E-state index in [9.17, 15) is 4.79 Å². The van der Waals surface area contributed by atoms with Crippen LogP contribution in [0.2, 0.25) is 0 Å². The molecule has 1 atom stereocenters. The second-order valence-corrected chi connectivity index (χ2v) is 7.88. The highest BCUT2D eigenvalue weighted by atomic mass is 16.5. The first-order chi connectivity index (χ1) is 15.0. The first kappa shape index (κ1) is 20.8. The molecule has 2 aromatic carbocycles. The van der Waals surface area contributed by atoms with Gasteiger partial charge in [0.1, 0.15) is 16.9 Å². The van der Waals surface area contributed by atoms with Gasteiger partial charge >= 0.3 is 5.97 Å². The summed E-state index contributed by atoms with van der Waals surface area (Å²) in [6.45, 7) is 6.61. The fraction of sp³-hybridized carbons (Fsp3) is 0.320. The first-order valence-corrected chi connectivity index (χ1v) is 10.8. The maximum atomic E-state index is 13.1. The molecule has 0 fully saturated rings. The van der Waals surface area contributed by atoms with E-state index >= 15 is 0 Å². The van der Waals surface area contributed by atoms with Gasteiger partial charge in [-0.1, -0.05) is 69.2 Å². The minimum atomic E-state index is -0.446. The van der Waals surface area contributed by atoms with Gasteiger partial charge in [0.15, 0.2) is 5.65 Å². The number of carbonyl (C=O) groups excluding carboxylic acids is 1. The van der Waals surface area contributed by atoms with Crippen LogP contribution >= 0.6 is 0 Å². The van der Waals surface area contributed by atoms with E-state index in [-0.39, 0.29) is 6.04 Å². The number of ether oxygens (including phenoxy) is 1. The highest BCUT2D eigenvalue weighted by Gasteiger charge is 2.28. The summed E-state index contributed by atoms with van der Waals surface area (Å²) in [6.07, 6.45) is 1.91. The Kier molecular flexibility index (Phi) is 5.89. The first-order valence-electron chi connectivity index (χ1n) is 10.8. The molecule has 0 amide bonds. The van der Waals surface area contributed by atoms with Crippen molar-refractivity contribution in [2.24, 2.45) is 5.92 Å². The maximum absolute atomic E-state index is 13.1. The van der Waals surface area contributed by atoms with Crippen LogP contribution in [0.1, 0.15) is 55.6 Å². The summed E-state index contributed by atoms with van der Waals surface area (Å²) in [6, 6.07) is 17.5. The van der Waals surface area contributed by atoms with E-state index in [1.165, 1.54) is 0 Å². The number of rotatable bonds is 7. The normalized spacial score (nSPS) is 12.5. The van der Waals surface area contributed by atoms with E-state index < -0.39 is 5.97 Å². The van der Waals surface area contributed by atoms with Gasteiger partial charge in [-0.2, -0.15) is 0 Å². The molecule has 0 saturated carbocycles. The van der Waals surface area contributed by atoms with Gasteiger partial charge in [0.25, 0.3) is 0 Å². The van der Waals surface area contributed by atoms with Crippen molar-refractivity contribution < 1.29 is 9.53 Å². The molecule has 160 valence electrons. The highest BCUT2D eigenvalue weighted by Crippen LogP contribution is 2.33. The van der Waals surface area contributed by atoms with Crippen LogP contribution in [0.25, 0.3) is 22.2 Å². The van der Waals surface area contributed by atoms with Gasteiger partial charge in [0.2, 0.25) is 0 Å². The minimum absolute atomic E-state index is 0.125. The van der Waals surface area contributed by atoms with Crippen molar-refractivity contribution in [2.75, 3.05) is 12.3 Å². The monoisotopic (exact) mass is 416 g/mol. The van der Waals surface area contributed by atoms with Crippen molar-refractivity contribution >= 4 is 34.0 Å². The van der Waals surface area contributed by atoms with Crippen LogP contribution in [0.3, 0.4) is 0 Å². The number of anilines is 1. The van der Waals surface area contributed by atoms with E-state index in [4.69, 9.17) is 20.4 Å². The Morgan fingerprint density at radius 2 is 1.61 bits per heavy atom. The third-order valence-electron chi connectivity index (χ3n) is 6.01. The zero-order valence-electron chi connectivity index (χ0n) is 18.2. The van der Waals surface area contributed by atoms with Crippen LogP contribution in [0, 0.1) is 5.92 Å². The topological polar surface area (TPSA) is 83.0 Å². The molecule has 0 unspecified atom stereocenters. The molecule has 6 nitrogen and oxygen atoms in total. The molecule has 0 aliphatic heterocycles. The van der Waals surface area contributed by atoms with E-state index in [2.05, 4.69) is 13.8 Å². The lowest BCUT2D eigenvalue weighted by Gasteiger charge is -2.17. The molecule has 4 rings (SSSR count). The van der Waals surface area contributed by atoms with E-state index in [1.54, 1.807) is 0 Å². The summed E-state index contributed by atoms with van der Waals surface area (Å²) in [4.78, 5) is 22.7. The number of benzene rings is 2. The Morgan fingerprint density at radius 1 is 1.00 bits per heavy atom. The fourth-order valence-electron chi connectivity index (χ4n) is 3.95. The number of nitrogens with zero attached hydrogens (tertiary/aromatic N) is 3. The third-order valence-corrected chi connectivity index (χ3v) is 6.01. The zero-order valence-corrected chi connectivity index (χ0v) is 18.2. The van der Waals surface area contributed by atoms with Crippen LogP contribution in [0.5, 0.6) is 0 Å². The number of esters is 1. The molecule has 0 radical (unpaired) electrons. The SMILES string of the molecule is CCC(CC)COC(=O)c1c(N)n([C@@H](C)c2ccccc2)c2nc3ccccc3nc12. The Morgan fingerprint density at radius 3 is 2.26 bits per heavy atom. The molecule has 2 heterocycles. The predicted octanol–water partition coefficient (Wildman–Crippen LogP) is 5.37. The second kappa shape index (κ2) is 8.76. The third kappa shape index (κ3) is 3.85. The lowest BCUT2D eigenvalue weighted by atomic mass is 10.1. The summed E-state index contributed by atoms with van der Waals surface area (Å²) in [7, 11) is 0. The van der Waals surface area contributed by atoms with Crippen LogP contribution in [0.15, 0.2) is 54.6 Å². The van der Waals surface area contributed by atoms with Crippen molar-refractivity contribution in [1.82, 2.24) is 14.5 Å². The minimum Gasteiger partial charge on any atom is -0.462 e. The smallest absolute Gasteiger partial charge is 0.344 e. The average Bonchev–Trinajstić information content (AvgIpc) is 3.08. The Hall–Kier alpha value is -3.41. The van der Waals surface area contributed by atoms with E-state index in [0.717, 1.165) is 23.9 Å². The zero-order chi connectivity index (χ0) is 22.0. The summed E-state index contributed by atoms with van der Waals surface area (Å²) >= 11 is 0. The molecule has 31 heavy (non-hydrogen) atoms. The number of hydrogen-bond donors (Lipinski definition) is 1. The molecular formula is C25H28N4O2. The molecule has 2 N–H and O–H groups in total. The molecule has 0 saturated heterocycles. The van der Waals surface area contributed by atoms with Crippen molar-refractivity contribution in [3.63, 3.8) is 0 Å².